The summed E-state index contributed by atoms with van der Waals surface area (Å²) in [5.41, 5.74) is 16.4. The molecule has 33 heavy (non-hydrogen) atoms. The molecule has 0 spiro atoms. The van der Waals surface area contributed by atoms with E-state index >= 15 is 0 Å². The number of nitrogens with one attached hydrogen (secondary N) is 3. The van der Waals surface area contributed by atoms with E-state index in [-0.39, 0.29) is 0 Å². The van der Waals surface area contributed by atoms with Gasteiger partial charge in [-0.1, -0.05) is 12.1 Å². The molecule has 0 atom stereocenters. The summed E-state index contributed by atoms with van der Waals surface area (Å²) in [7, 11) is 0. The van der Waals surface area contributed by atoms with E-state index in [9.17, 15) is 13.2 Å². The standard InChI is InChI=1S/C24H21F3N6/c25-24(26,27)15-7-9-16(10-8-15)31-20-5-1-2-6-21(20)33-23-13-22(18(28)12-19(23)29)32-17-4-3-11-30-14-17/h1-14,31-33H,28-29H2. The maximum atomic E-state index is 12.8. The highest BCUT2D eigenvalue weighted by Gasteiger charge is 2.29. The van der Waals surface area contributed by atoms with Crippen LogP contribution in [0.2, 0.25) is 0 Å². The molecule has 0 aliphatic heterocycles. The Hall–Kier alpha value is -4.40. The molecule has 1 aromatic heterocycles. The molecule has 0 radical (unpaired) electrons. The van der Waals surface area contributed by atoms with Crippen LogP contribution >= 0.6 is 0 Å². The molecule has 9 heteroatoms. The molecule has 0 fully saturated rings. The zero-order valence-corrected chi connectivity index (χ0v) is 17.3. The number of nitrogens with zero attached hydrogens (tertiary/aromatic N) is 1. The molecule has 0 saturated heterocycles. The van der Waals surface area contributed by atoms with Crippen LogP contribution in [0.1, 0.15) is 5.56 Å². The first-order chi connectivity index (χ1) is 15.8. The van der Waals surface area contributed by atoms with E-state index in [1.807, 2.05) is 30.3 Å². The Morgan fingerprint density at radius 2 is 1.24 bits per heavy atom. The largest absolute Gasteiger partial charge is 0.416 e. The molecule has 0 unspecified atom stereocenters. The van der Waals surface area contributed by atoms with E-state index < -0.39 is 11.7 Å². The van der Waals surface area contributed by atoms with Crippen molar-refractivity contribution in [2.75, 3.05) is 27.4 Å². The molecule has 4 aromatic rings. The van der Waals surface area contributed by atoms with Gasteiger partial charge in [-0.3, -0.25) is 4.98 Å². The third kappa shape index (κ3) is 5.27. The number of pyridine rings is 1. The average Bonchev–Trinajstić information content (AvgIpc) is 2.79. The minimum absolute atomic E-state index is 0.438. The van der Waals surface area contributed by atoms with Crippen molar-refractivity contribution in [2.45, 2.75) is 6.18 Å². The summed E-state index contributed by atoms with van der Waals surface area (Å²) in [5, 5.41) is 9.62. The van der Waals surface area contributed by atoms with E-state index in [0.29, 0.717) is 39.8 Å². The number of benzene rings is 3. The van der Waals surface area contributed by atoms with Gasteiger partial charge in [0.05, 0.1) is 51.6 Å². The number of halogens is 3. The molecule has 7 N–H and O–H groups in total. The second-order valence-electron chi connectivity index (χ2n) is 7.26. The lowest BCUT2D eigenvalue weighted by atomic mass is 10.1. The van der Waals surface area contributed by atoms with Gasteiger partial charge in [-0.25, -0.2) is 0 Å². The van der Waals surface area contributed by atoms with Crippen LogP contribution in [0, 0.1) is 0 Å². The molecule has 1 heterocycles. The number of alkyl halides is 3. The number of hydrogen-bond acceptors (Lipinski definition) is 6. The molecule has 168 valence electrons. The smallest absolute Gasteiger partial charge is 0.397 e. The van der Waals surface area contributed by atoms with Crippen molar-refractivity contribution >= 4 is 45.5 Å². The second kappa shape index (κ2) is 8.99. The number of rotatable bonds is 6. The summed E-state index contributed by atoms with van der Waals surface area (Å²) in [6.07, 6.45) is -1.04. The molecule has 0 bridgehead atoms. The fourth-order valence-corrected chi connectivity index (χ4v) is 3.19. The topological polar surface area (TPSA) is 101 Å². The van der Waals surface area contributed by atoms with Crippen LogP contribution in [-0.4, -0.2) is 4.98 Å². The number of hydrogen-bond donors (Lipinski definition) is 5. The molecular formula is C24H21F3N6. The Morgan fingerprint density at radius 1 is 0.636 bits per heavy atom. The van der Waals surface area contributed by atoms with Gasteiger partial charge >= 0.3 is 6.18 Å². The predicted molar refractivity (Wildman–Crippen MR) is 127 cm³/mol. The third-order valence-corrected chi connectivity index (χ3v) is 4.85. The molecule has 4 rings (SSSR count). The summed E-state index contributed by atoms with van der Waals surface area (Å²) in [4.78, 5) is 4.07. The summed E-state index contributed by atoms with van der Waals surface area (Å²) in [6, 6.07) is 19.2. The van der Waals surface area contributed by atoms with Crippen LogP contribution in [0.4, 0.5) is 58.7 Å². The van der Waals surface area contributed by atoms with E-state index in [0.717, 1.165) is 17.8 Å². The summed E-state index contributed by atoms with van der Waals surface area (Å²) < 4.78 is 38.5. The molecular weight excluding hydrogens is 429 g/mol. The number of anilines is 8. The first kappa shape index (κ1) is 21.8. The minimum atomic E-state index is -4.38. The Morgan fingerprint density at radius 3 is 1.85 bits per heavy atom. The normalized spacial score (nSPS) is 11.1. The molecule has 3 aromatic carbocycles. The van der Waals surface area contributed by atoms with Crippen molar-refractivity contribution in [3.8, 4) is 0 Å². The quantitative estimate of drug-likeness (QED) is 0.215. The maximum Gasteiger partial charge on any atom is 0.416 e. The number of nitrogen functional groups attached to an aromatic ring is 2. The summed E-state index contributed by atoms with van der Waals surface area (Å²) in [5.74, 6) is 0. The van der Waals surface area contributed by atoms with Gasteiger partial charge in [0.25, 0.3) is 0 Å². The van der Waals surface area contributed by atoms with Crippen LogP contribution in [-0.2, 0) is 6.18 Å². The Bertz CT molecular complexity index is 1240. The van der Waals surface area contributed by atoms with Crippen molar-refractivity contribution in [1.29, 1.82) is 0 Å². The van der Waals surface area contributed by atoms with Gasteiger partial charge in [-0.15, -0.1) is 0 Å². The van der Waals surface area contributed by atoms with E-state index in [2.05, 4.69) is 20.9 Å². The lowest BCUT2D eigenvalue weighted by molar-refractivity contribution is -0.137. The molecule has 0 aliphatic carbocycles. The van der Waals surface area contributed by atoms with Crippen molar-refractivity contribution in [3.63, 3.8) is 0 Å². The van der Waals surface area contributed by atoms with Gasteiger partial charge in [0.1, 0.15) is 0 Å². The van der Waals surface area contributed by atoms with E-state index in [1.54, 1.807) is 30.6 Å². The summed E-state index contributed by atoms with van der Waals surface area (Å²) >= 11 is 0. The number of para-hydroxylation sites is 2. The maximum absolute atomic E-state index is 12.8. The Kier molecular flexibility index (Phi) is 5.95. The van der Waals surface area contributed by atoms with Crippen molar-refractivity contribution in [2.24, 2.45) is 0 Å². The summed E-state index contributed by atoms with van der Waals surface area (Å²) in [6.45, 7) is 0. The first-order valence-electron chi connectivity index (χ1n) is 9.96. The second-order valence-corrected chi connectivity index (χ2v) is 7.26. The Labute approximate surface area is 188 Å². The van der Waals surface area contributed by atoms with Crippen LogP contribution in [0.3, 0.4) is 0 Å². The lowest BCUT2D eigenvalue weighted by Crippen LogP contribution is -2.05. The van der Waals surface area contributed by atoms with Gasteiger partial charge < -0.3 is 27.4 Å². The fourth-order valence-electron chi connectivity index (χ4n) is 3.19. The molecule has 0 saturated carbocycles. The molecule has 6 nitrogen and oxygen atoms in total. The zero-order chi connectivity index (χ0) is 23.4. The first-order valence-corrected chi connectivity index (χ1v) is 9.96. The molecule has 0 amide bonds. The van der Waals surface area contributed by atoms with Gasteiger partial charge in [-0.05, 0) is 60.7 Å². The number of nitrogens with two attached hydrogens (primary N) is 2. The van der Waals surface area contributed by atoms with Crippen molar-refractivity contribution < 1.29 is 13.2 Å². The van der Waals surface area contributed by atoms with Gasteiger partial charge in [0.15, 0.2) is 0 Å². The monoisotopic (exact) mass is 450 g/mol. The van der Waals surface area contributed by atoms with E-state index in [4.69, 9.17) is 11.5 Å². The lowest BCUT2D eigenvalue weighted by Gasteiger charge is -2.18. The SMILES string of the molecule is Nc1cc(N)c(Nc2ccccc2Nc2ccc(C(F)(F)F)cc2)cc1Nc1cccnc1. The highest BCUT2D eigenvalue weighted by Crippen LogP contribution is 2.36. The van der Waals surface area contributed by atoms with Gasteiger partial charge in [-0.2, -0.15) is 13.2 Å². The predicted octanol–water partition coefficient (Wildman–Crippen LogP) is 6.50. The van der Waals surface area contributed by atoms with Gasteiger partial charge in [0.2, 0.25) is 0 Å². The highest BCUT2D eigenvalue weighted by atomic mass is 19.4. The Balaban J connectivity index is 1.58. The zero-order valence-electron chi connectivity index (χ0n) is 17.3. The van der Waals surface area contributed by atoms with Crippen LogP contribution in [0.15, 0.2) is 85.2 Å². The highest BCUT2D eigenvalue weighted by molar-refractivity contribution is 5.88. The number of aromatic nitrogens is 1. The van der Waals surface area contributed by atoms with E-state index in [1.165, 1.54) is 12.1 Å². The average molecular weight is 450 g/mol. The van der Waals surface area contributed by atoms with Gasteiger partial charge in [0, 0.05) is 11.9 Å². The third-order valence-electron chi connectivity index (χ3n) is 4.85. The fraction of sp³-hybridized carbons (Fsp3) is 0.0417. The van der Waals surface area contributed by atoms with Crippen molar-refractivity contribution in [3.05, 3.63) is 90.8 Å². The van der Waals surface area contributed by atoms with Crippen LogP contribution < -0.4 is 27.4 Å². The van der Waals surface area contributed by atoms with Crippen LogP contribution in [0.5, 0.6) is 0 Å². The molecule has 0 aliphatic rings. The van der Waals surface area contributed by atoms with Crippen LogP contribution in [0.25, 0.3) is 0 Å². The van der Waals surface area contributed by atoms with Crippen molar-refractivity contribution in [1.82, 2.24) is 4.98 Å². The minimum Gasteiger partial charge on any atom is -0.397 e.